The van der Waals surface area contributed by atoms with Crippen LogP contribution in [0.25, 0.3) is 0 Å². The third-order valence-electron chi connectivity index (χ3n) is 6.90. The average molecular weight is 587 g/mol. The van der Waals surface area contributed by atoms with Crippen LogP contribution in [0.3, 0.4) is 0 Å². The second kappa shape index (κ2) is 14.0. The number of carbonyl (C=O) groups is 2. The molecule has 3 aliphatic heterocycles. The molecular formula is C22H38N2O16. The van der Waals surface area contributed by atoms with Gasteiger partial charge >= 0.3 is 0 Å². The third-order valence-corrected chi connectivity index (χ3v) is 6.90. The van der Waals surface area contributed by atoms with Crippen LogP contribution in [0.5, 0.6) is 0 Å². The van der Waals surface area contributed by atoms with Crippen LogP contribution in [0.4, 0.5) is 0 Å². The lowest BCUT2D eigenvalue weighted by atomic mass is 9.94. The van der Waals surface area contributed by atoms with Gasteiger partial charge in [0.05, 0.1) is 19.8 Å². The van der Waals surface area contributed by atoms with E-state index in [1.54, 1.807) is 0 Å². The van der Waals surface area contributed by atoms with Crippen LogP contribution in [-0.2, 0) is 33.3 Å². The van der Waals surface area contributed by atoms with Crippen molar-refractivity contribution in [3.05, 3.63) is 0 Å². The maximum atomic E-state index is 11.7. The number of hydrogen-bond acceptors (Lipinski definition) is 16. The van der Waals surface area contributed by atoms with Crippen molar-refractivity contribution in [2.45, 2.75) is 106 Å². The van der Waals surface area contributed by atoms with Crippen LogP contribution >= 0.6 is 0 Å². The minimum Gasteiger partial charge on any atom is -0.394 e. The molecule has 15 atom stereocenters. The van der Waals surface area contributed by atoms with Crippen molar-refractivity contribution in [1.29, 1.82) is 0 Å². The van der Waals surface area contributed by atoms with E-state index in [0.717, 1.165) is 13.8 Å². The molecule has 18 nitrogen and oxygen atoms in total. The molecule has 18 heteroatoms. The van der Waals surface area contributed by atoms with Gasteiger partial charge in [-0.2, -0.15) is 0 Å². The maximum Gasteiger partial charge on any atom is 0.217 e. The van der Waals surface area contributed by atoms with Crippen LogP contribution in [0.2, 0.25) is 0 Å². The molecule has 3 heterocycles. The first-order valence-corrected chi connectivity index (χ1v) is 12.6. The van der Waals surface area contributed by atoms with E-state index < -0.39 is 124 Å². The Balaban J connectivity index is 1.85. The van der Waals surface area contributed by atoms with Gasteiger partial charge in [-0.25, -0.2) is 0 Å². The highest BCUT2D eigenvalue weighted by atomic mass is 16.7. The predicted molar refractivity (Wildman–Crippen MR) is 124 cm³/mol. The van der Waals surface area contributed by atoms with Gasteiger partial charge in [0.25, 0.3) is 0 Å². The van der Waals surface area contributed by atoms with Gasteiger partial charge < -0.3 is 80.3 Å². The highest BCUT2D eigenvalue weighted by Gasteiger charge is 2.54. The number of aliphatic hydroxyl groups excluding tert-OH is 9. The monoisotopic (exact) mass is 586 g/mol. The zero-order valence-electron chi connectivity index (χ0n) is 21.7. The van der Waals surface area contributed by atoms with E-state index in [2.05, 4.69) is 10.6 Å². The van der Waals surface area contributed by atoms with E-state index in [9.17, 15) is 55.5 Å². The summed E-state index contributed by atoms with van der Waals surface area (Å²) in [5.74, 6) is -1.29. The zero-order chi connectivity index (χ0) is 29.9. The summed E-state index contributed by atoms with van der Waals surface area (Å²) >= 11 is 0. The molecule has 0 spiro atoms. The largest absolute Gasteiger partial charge is 0.394 e. The van der Waals surface area contributed by atoms with Crippen LogP contribution in [0.1, 0.15) is 13.8 Å². The molecule has 3 aliphatic rings. The summed E-state index contributed by atoms with van der Waals surface area (Å²) in [6.07, 6.45) is -21.4. The normalized spacial score (nSPS) is 46.0. The first-order chi connectivity index (χ1) is 18.8. The fraction of sp³-hybridized carbons (Fsp3) is 0.909. The summed E-state index contributed by atoms with van der Waals surface area (Å²) in [6.45, 7) is -0.140. The van der Waals surface area contributed by atoms with Gasteiger partial charge in [-0.15, -0.1) is 0 Å². The summed E-state index contributed by atoms with van der Waals surface area (Å²) in [5, 5.41) is 97.2. The van der Waals surface area contributed by atoms with E-state index >= 15 is 0 Å². The summed E-state index contributed by atoms with van der Waals surface area (Å²) in [5.41, 5.74) is 0. The number of amides is 2. The van der Waals surface area contributed by atoms with Crippen molar-refractivity contribution in [2.24, 2.45) is 0 Å². The van der Waals surface area contributed by atoms with Gasteiger partial charge in [0.1, 0.15) is 73.1 Å². The zero-order valence-corrected chi connectivity index (χ0v) is 21.7. The minimum atomic E-state index is -1.92. The molecule has 0 aromatic rings. The summed E-state index contributed by atoms with van der Waals surface area (Å²) in [6, 6.07) is -2.84. The van der Waals surface area contributed by atoms with Crippen LogP contribution in [0, 0.1) is 0 Å². The number of rotatable bonds is 9. The van der Waals surface area contributed by atoms with Gasteiger partial charge in [-0.05, 0) is 0 Å². The lowest BCUT2D eigenvalue weighted by Crippen LogP contribution is -2.69. The van der Waals surface area contributed by atoms with Gasteiger partial charge in [-0.1, -0.05) is 0 Å². The Bertz CT molecular complexity index is 854. The Morgan fingerprint density at radius 2 is 1.10 bits per heavy atom. The Morgan fingerprint density at radius 3 is 1.65 bits per heavy atom. The van der Waals surface area contributed by atoms with Crippen molar-refractivity contribution in [3.63, 3.8) is 0 Å². The van der Waals surface area contributed by atoms with Crippen LogP contribution in [0.15, 0.2) is 0 Å². The first-order valence-electron chi connectivity index (χ1n) is 12.6. The highest BCUT2D eigenvalue weighted by Crippen LogP contribution is 2.32. The van der Waals surface area contributed by atoms with Gasteiger partial charge in [0.15, 0.2) is 18.9 Å². The number of hydrogen-bond donors (Lipinski definition) is 11. The average Bonchev–Trinajstić information content (AvgIpc) is 2.90. The Kier molecular flexibility index (Phi) is 11.5. The Hall–Kier alpha value is -1.62. The van der Waals surface area contributed by atoms with Crippen molar-refractivity contribution >= 4 is 11.8 Å². The number of nitrogens with one attached hydrogen (secondary N) is 2. The van der Waals surface area contributed by atoms with E-state index in [0.29, 0.717) is 0 Å². The SMILES string of the molecule is CC(=O)NC1C(O)[C@@H](O)C(CO)O[C@@H]1OC1C(O)[C@H](O[C@@H]2C(CO)O[C@@H](O)C(NC(C)=O)C2O)OC(CO)[C@@H]1O. The van der Waals surface area contributed by atoms with E-state index in [4.69, 9.17) is 23.7 Å². The smallest absolute Gasteiger partial charge is 0.217 e. The fourth-order valence-corrected chi connectivity index (χ4v) is 4.86. The minimum absolute atomic E-state index is 0.631. The van der Waals surface area contributed by atoms with Gasteiger partial charge in [0, 0.05) is 13.8 Å². The van der Waals surface area contributed by atoms with E-state index in [1.165, 1.54) is 0 Å². The molecular weight excluding hydrogens is 548 g/mol. The third kappa shape index (κ3) is 7.05. The van der Waals surface area contributed by atoms with Crippen LogP contribution < -0.4 is 10.6 Å². The highest BCUT2D eigenvalue weighted by molar-refractivity contribution is 5.73. The Labute approximate surface area is 228 Å². The van der Waals surface area contributed by atoms with E-state index in [-0.39, 0.29) is 0 Å². The molecule has 9 unspecified atom stereocenters. The number of carbonyl (C=O) groups excluding carboxylic acids is 2. The molecule has 0 bridgehead atoms. The van der Waals surface area contributed by atoms with Crippen molar-refractivity contribution < 1.29 is 79.2 Å². The molecule has 0 saturated carbocycles. The Morgan fingerprint density at radius 1 is 0.600 bits per heavy atom. The first kappa shape index (κ1) is 32.9. The van der Waals surface area contributed by atoms with Crippen LogP contribution in [-0.4, -0.2) is 170 Å². The van der Waals surface area contributed by atoms with Gasteiger partial charge in [0.2, 0.25) is 11.8 Å². The standard InChI is InChI=1S/C22H38N2O16/c1-6(28)23-11-16(33)18(10(5-27)36-20(11)35)39-22-17(34)19(14(31)9(4-26)38-22)40-21-12(24-7(2)29)15(32)13(30)8(3-25)37-21/h8-22,25-27,30-35H,3-5H2,1-2H3,(H,23,28)(H,24,29)/t8?,9?,10?,11?,12?,13-,14-,15?,16?,17?,18+,19?,20+,21+,22-/m0/s1. The summed E-state index contributed by atoms with van der Waals surface area (Å²) in [4.78, 5) is 23.3. The summed E-state index contributed by atoms with van der Waals surface area (Å²) in [7, 11) is 0. The quantitative estimate of drug-likeness (QED) is 0.120. The lowest BCUT2D eigenvalue weighted by Gasteiger charge is -2.48. The molecule has 3 fully saturated rings. The molecule has 2 amide bonds. The van der Waals surface area contributed by atoms with Crippen molar-refractivity contribution in [2.75, 3.05) is 19.8 Å². The molecule has 232 valence electrons. The molecule has 40 heavy (non-hydrogen) atoms. The molecule has 0 aromatic carbocycles. The fourth-order valence-electron chi connectivity index (χ4n) is 4.86. The number of aliphatic hydroxyl groups is 9. The molecule has 0 radical (unpaired) electrons. The molecule has 11 N–H and O–H groups in total. The van der Waals surface area contributed by atoms with Crippen molar-refractivity contribution in [3.8, 4) is 0 Å². The second-order valence-corrected chi connectivity index (χ2v) is 9.81. The maximum absolute atomic E-state index is 11.7. The topological polar surface area (TPSA) is 286 Å². The molecule has 3 saturated heterocycles. The second-order valence-electron chi connectivity index (χ2n) is 9.81. The predicted octanol–water partition coefficient (Wildman–Crippen LogP) is -7.29. The van der Waals surface area contributed by atoms with Gasteiger partial charge in [-0.3, -0.25) is 9.59 Å². The molecule has 0 aromatic heterocycles. The van der Waals surface area contributed by atoms with E-state index in [1.807, 2.05) is 0 Å². The summed E-state index contributed by atoms with van der Waals surface area (Å²) < 4.78 is 27.5. The molecule has 0 aliphatic carbocycles. The molecule has 3 rings (SSSR count). The number of ether oxygens (including phenoxy) is 5. The van der Waals surface area contributed by atoms with Crippen molar-refractivity contribution in [1.82, 2.24) is 10.6 Å². The lowest BCUT2D eigenvalue weighted by molar-refractivity contribution is -0.367.